The number of phenolic OH excluding ortho intramolecular Hbond substituents is 1. The van der Waals surface area contributed by atoms with E-state index in [4.69, 9.17) is 5.26 Å². The maximum Gasteiger partial charge on any atom is 0.295 e. The van der Waals surface area contributed by atoms with Crippen LogP contribution in [0.15, 0.2) is 63.2 Å². The molecule has 0 saturated heterocycles. The highest BCUT2D eigenvalue weighted by Crippen LogP contribution is 2.46. The molecule has 0 saturated carbocycles. The molecule has 0 aliphatic carbocycles. The molecule has 0 spiro atoms. The number of allylic oxidation sites excluding steroid dienone is 1. The standard InChI is InChI=1S/C25H24O10S3/c1-14(2)19(26)6-4-3-5-11-37(29,30)22-12-20(27)15-7-9-18-23(38(31,32)33)13-21(36-35-34-28)16-8-10-17(22)24(15)25(16)18/h7-10,12-13,27-28H,1,3-6,11H2,2H3,(H,31,32,33). The van der Waals surface area contributed by atoms with Crippen molar-refractivity contribution in [3.8, 4) is 5.75 Å². The highest BCUT2D eigenvalue weighted by Gasteiger charge is 2.26. The van der Waals surface area contributed by atoms with Crippen molar-refractivity contribution in [2.75, 3.05) is 5.75 Å². The fourth-order valence-electron chi connectivity index (χ4n) is 4.55. The molecule has 4 aromatic rings. The fourth-order valence-corrected chi connectivity index (χ4v) is 7.47. The van der Waals surface area contributed by atoms with Gasteiger partial charge in [-0.1, -0.05) is 36.2 Å². The topological polar surface area (TPSA) is 164 Å². The van der Waals surface area contributed by atoms with Crippen molar-refractivity contribution < 1.29 is 45.9 Å². The van der Waals surface area contributed by atoms with Gasteiger partial charge in [-0.3, -0.25) is 9.35 Å². The second-order valence-electron chi connectivity index (χ2n) is 8.87. The highest BCUT2D eigenvalue weighted by molar-refractivity contribution is 7.95. The average molecular weight is 581 g/mol. The van der Waals surface area contributed by atoms with E-state index in [1.807, 2.05) is 0 Å². The molecule has 4 rings (SSSR count). The van der Waals surface area contributed by atoms with E-state index in [-0.39, 0.29) is 60.4 Å². The lowest BCUT2D eigenvalue weighted by Crippen LogP contribution is -2.08. The molecular weight excluding hydrogens is 556 g/mol. The van der Waals surface area contributed by atoms with Crippen molar-refractivity contribution in [2.24, 2.45) is 0 Å². The zero-order chi connectivity index (χ0) is 27.8. The lowest BCUT2D eigenvalue weighted by atomic mass is 9.94. The average Bonchev–Trinajstić information content (AvgIpc) is 2.85. The molecule has 0 aromatic heterocycles. The largest absolute Gasteiger partial charge is 0.507 e. The number of ketones is 1. The number of Topliss-reactive ketones (excluding diaryl/α,β-unsaturated/α-hetero) is 1. The van der Waals surface area contributed by atoms with Gasteiger partial charge in [-0.25, -0.2) is 13.7 Å². The van der Waals surface area contributed by atoms with Crippen LogP contribution in [0.4, 0.5) is 0 Å². The van der Waals surface area contributed by atoms with Gasteiger partial charge < -0.3 is 5.11 Å². The molecular formula is C25H24O10S3. The first-order chi connectivity index (χ1) is 17.9. The van der Waals surface area contributed by atoms with Crippen molar-refractivity contribution in [3.63, 3.8) is 0 Å². The molecule has 3 N–H and O–H groups in total. The van der Waals surface area contributed by atoms with Crippen molar-refractivity contribution in [1.29, 1.82) is 0 Å². The number of aromatic hydroxyl groups is 1. The van der Waals surface area contributed by atoms with Gasteiger partial charge >= 0.3 is 0 Å². The van der Waals surface area contributed by atoms with E-state index in [2.05, 4.69) is 16.0 Å². The van der Waals surface area contributed by atoms with E-state index >= 15 is 0 Å². The zero-order valence-corrected chi connectivity index (χ0v) is 22.6. The van der Waals surface area contributed by atoms with Crippen LogP contribution in [0.5, 0.6) is 5.75 Å². The molecule has 0 amide bonds. The van der Waals surface area contributed by atoms with Gasteiger partial charge in [-0.15, -0.1) is 4.33 Å². The third-order valence-corrected chi connectivity index (χ3v) is 9.70. The van der Waals surface area contributed by atoms with Gasteiger partial charge in [0.25, 0.3) is 10.1 Å². The van der Waals surface area contributed by atoms with Crippen LogP contribution in [-0.4, -0.2) is 43.3 Å². The van der Waals surface area contributed by atoms with Crippen molar-refractivity contribution in [1.82, 2.24) is 0 Å². The maximum atomic E-state index is 13.4. The monoisotopic (exact) mass is 580 g/mol. The van der Waals surface area contributed by atoms with Gasteiger partial charge in [-0.2, -0.15) is 8.42 Å². The maximum absolute atomic E-state index is 13.4. The van der Waals surface area contributed by atoms with Crippen LogP contribution < -0.4 is 0 Å². The Kier molecular flexibility index (Phi) is 8.00. The predicted octanol–water partition coefficient (Wildman–Crippen LogP) is 5.44. The Balaban J connectivity index is 1.86. The lowest BCUT2D eigenvalue weighted by Gasteiger charge is -2.18. The molecule has 0 radical (unpaired) electrons. The Morgan fingerprint density at radius 1 is 0.921 bits per heavy atom. The molecule has 38 heavy (non-hydrogen) atoms. The summed E-state index contributed by atoms with van der Waals surface area (Å²) >= 11 is 0.479. The Hall–Kier alpha value is -2.78. The minimum atomic E-state index is -4.74. The molecule has 4 aromatic carbocycles. The summed E-state index contributed by atoms with van der Waals surface area (Å²) in [5.74, 6) is -0.613. The van der Waals surface area contributed by atoms with Crippen molar-refractivity contribution in [3.05, 3.63) is 48.6 Å². The summed E-state index contributed by atoms with van der Waals surface area (Å²) in [5, 5.41) is 24.6. The Labute approximate surface area is 222 Å². The van der Waals surface area contributed by atoms with Crippen molar-refractivity contribution in [2.45, 2.75) is 47.3 Å². The number of unbranched alkanes of at least 4 members (excludes halogenated alkanes) is 2. The summed E-state index contributed by atoms with van der Waals surface area (Å²) in [7, 11) is -8.64. The molecule has 0 aliphatic rings. The third-order valence-electron chi connectivity index (χ3n) is 6.32. The quantitative estimate of drug-likeness (QED) is 0.0371. The van der Waals surface area contributed by atoms with Crippen molar-refractivity contribution >= 4 is 70.1 Å². The molecule has 0 unspecified atom stereocenters. The molecule has 202 valence electrons. The number of carbonyl (C=O) groups is 1. The molecule has 0 atom stereocenters. The number of benzene rings is 4. The summed E-state index contributed by atoms with van der Waals surface area (Å²) in [5.41, 5.74) is 0.455. The second kappa shape index (κ2) is 10.8. The van der Waals surface area contributed by atoms with Crippen LogP contribution in [-0.2, 0) is 34.1 Å². The predicted molar refractivity (Wildman–Crippen MR) is 143 cm³/mol. The minimum absolute atomic E-state index is 0.0673. The Bertz CT molecular complexity index is 1780. The van der Waals surface area contributed by atoms with E-state index in [0.717, 1.165) is 6.07 Å². The van der Waals surface area contributed by atoms with Gasteiger partial charge in [-0.05, 0) is 48.9 Å². The first kappa shape index (κ1) is 28.2. The highest BCUT2D eigenvalue weighted by atomic mass is 32.2. The Morgan fingerprint density at radius 2 is 1.53 bits per heavy atom. The number of hydrogen-bond acceptors (Lipinski definition) is 10. The van der Waals surface area contributed by atoms with Crippen LogP contribution >= 0.6 is 12.0 Å². The van der Waals surface area contributed by atoms with Crippen LogP contribution in [0, 0.1) is 0 Å². The minimum Gasteiger partial charge on any atom is -0.507 e. The second-order valence-corrected chi connectivity index (χ2v) is 13.1. The van der Waals surface area contributed by atoms with Crippen LogP contribution in [0.1, 0.15) is 32.6 Å². The summed E-state index contributed by atoms with van der Waals surface area (Å²) < 4.78 is 65.5. The van der Waals surface area contributed by atoms with E-state index in [1.165, 1.54) is 18.2 Å². The van der Waals surface area contributed by atoms with Gasteiger partial charge in [0.05, 0.1) is 22.7 Å². The molecule has 10 nitrogen and oxygen atoms in total. The smallest absolute Gasteiger partial charge is 0.295 e. The molecule has 0 aliphatic heterocycles. The number of rotatable bonds is 12. The van der Waals surface area contributed by atoms with E-state index < -0.39 is 24.9 Å². The summed E-state index contributed by atoms with van der Waals surface area (Å²) in [6.07, 6.45) is 1.60. The zero-order valence-electron chi connectivity index (χ0n) is 20.1. The van der Waals surface area contributed by atoms with Gasteiger partial charge in [0, 0.05) is 38.2 Å². The van der Waals surface area contributed by atoms with E-state index in [9.17, 15) is 31.3 Å². The molecule has 0 fully saturated rings. The number of sulfone groups is 1. The van der Waals surface area contributed by atoms with E-state index in [1.54, 1.807) is 19.1 Å². The number of carbonyl (C=O) groups excluding carboxylic acids is 1. The molecule has 0 heterocycles. The first-order valence-electron chi connectivity index (χ1n) is 11.4. The third kappa shape index (κ3) is 5.36. The van der Waals surface area contributed by atoms with Crippen LogP contribution in [0.2, 0.25) is 0 Å². The van der Waals surface area contributed by atoms with Crippen LogP contribution in [0.3, 0.4) is 0 Å². The number of phenols is 1. The van der Waals surface area contributed by atoms with Gasteiger partial charge in [0.2, 0.25) is 0 Å². The first-order valence-corrected chi connectivity index (χ1v) is 15.2. The summed E-state index contributed by atoms with van der Waals surface area (Å²) in [6.45, 7) is 5.23. The lowest BCUT2D eigenvalue weighted by molar-refractivity contribution is -0.432. The SMILES string of the molecule is C=C(C)C(=O)CCCCCS(=O)(=O)c1cc(O)c2ccc3c(S(=O)(=O)O)cc(SOOO)c4ccc1c2c43. The Morgan fingerprint density at radius 3 is 2.16 bits per heavy atom. The van der Waals surface area contributed by atoms with Gasteiger partial charge in [0.15, 0.2) is 15.6 Å². The summed E-state index contributed by atoms with van der Waals surface area (Å²) in [6, 6.07) is 8.26. The molecule has 13 heteroatoms. The normalized spacial score (nSPS) is 12.6. The molecule has 0 bridgehead atoms. The van der Waals surface area contributed by atoms with Crippen LogP contribution in [0.25, 0.3) is 32.3 Å². The van der Waals surface area contributed by atoms with Gasteiger partial charge in [0.1, 0.15) is 10.6 Å². The summed E-state index contributed by atoms with van der Waals surface area (Å²) in [4.78, 5) is 11.3. The fraction of sp³-hybridized carbons (Fsp3) is 0.240. The van der Waals surface area contributed by atoms with E-state index in [0.29, 0.717) is 42.3 Å². The number of hydrogen-bond donors (Lipinski definition) is 3.